The Kier molecular flexibility index (Phi) is 5.90. The average molecular weight is 505 g/mol. The van der Waals surface area contributed by atoms with Gasteiger partial charge in [-0.05, 0) is 42.7 Å². The fourth-order valence-corrected chi connectivity index (χ4v) is 5.46. The molecular weight excluding hydrogens is 480 g/mol. The van der Waals surface area contributed by atoms with Crippen molar-refractivity contribution in [1.82, 2.24) is 4.57 Å². The summed E-state index contributed by atoms with van der Waals surface area (Å²) in [7, 11) is -7.93. The van der Waals surface area contributed by atoms with Crippen molar-refractivity contribution in [3.8, 4) is 5.75 Å². The lowest BCUT2D eigenvalue weighted by Gasteiger charge is -2.21. The van der Waals surface area contributed by atoms with Crippen LogP contribution in [0.25, 0.3) is 10.9 Å². The van der Waals surface area contributed by atoms with E-state index in [2.05, 4.69) is 14.4 Å². The zero-order valence-electron chi connectivity index (χ0n) is 18.7. The van der Waals surface area contributed by atoms with Gasteiger partial charge in [0.25, 0.3) is 15.6 Å². The van der Waals surface area contributed by atoms with E-state index < -0.39 is 25.6 Å². The number of nitrogens with zero attached hydrogens (tertiary/aromatic N) is 2. The van der Waals surface area contributed by atoms with Crippen LogP contribution in [0.1, 0.15) is 25.8 Å². The topological polar surface area (TPSA) is 147 Å². The van der Waals surface area contributed by atoms with Crippen LogP contribution in [-0.4, -0.2) is 38.6 Å². The van der Waals surface area contributed by atoms with E-state index in [-0.39, 0.29) is 33.4 Å². The molecule has 0 fully saturated rings. The number of amidine groups is 1. The van der Waals surface area contributed by atoms with E-state index in [0.29, 0.717) is 29.8 Å². The summed E-state index contributed by atoms with van der Waals surface area (Å²) in [6.45, 7) is 4.43. The standard InChI is InChI=1S/C22H24N4O6S2/c1-13(2)10-11-26-17-7-5-4-6-15(17)20(27)19(22(26)28)21-23-16-9-8-14(24-33(3,29)30)12-18(16)34(31,32)25-21/h4-9,12-13,24,27H,10-11H2,1-3H3,(H,23,25). The lowest BCUT2D eigenvalue weighted by molar-refractivity contribution is 0.474. The third-order valence-electron chi connectivity index (χ3n) is 5.34. The maximum absolute atomic E-state index is 13.5. The minimum absolute atomic E-state index is 0.0508. The van der Waals surface area contributed by atoms with Crippen molar-refractivity contribution in [2.45, 2.75) is 31.7 Å². The van der Waals surface area contributed by atoms with E-state index >= 15 is 0 Å². The maximum Gasteiger partial charge on any atom is 0.286 e. The van der Waals surface area contributed by atoms with Crippen LogP contribution in [0.4, 0.5) is 11.4 Å². The molecule has 12 heteroatoms. The normalized spacial score (nSPS) is 15.0. The molecule has 0 radical (unpaired) electrons. The highest BCUT2D eigenvalue weighted by molar-refractivity contribution is 7.92. The Morgan fingerprint density at radius 2 is 1.88 bits per heavy atom. The Hall–Kier alpha value is -3.38. The fourth-order valence-electron chi connectivity index (χ4n) is 3.76. The maximum atomic E-state index is 13.5. The smallest absolute Gasteiger partial charge is 0.286 e. The minimum atomic E-state index is -4.31. The molecule has 0 amide bonds. The lowest BCUT2D eigenvalue weighted by Crippen LogP contribution is -2.33. The summed E-state index contributed by atoms with van der Waals surface area (Å²) in [5.74, 6) is -0.361. The largest absolute Gasteiger partial charge is 0.506 e. The predicted octanol–water partition coefficient (Wildman–Crippen LogP) is 2.69. The number of sulfonamides is 2. The molecule has 180 valence electrons. The Balaban J connectivity index is 1.89. The minimum Gasteiger partial charge on any atom is -0.506 e. The van der Waals surface area contributed by atoms with Crippen LogP contribution in [0.2, 0.25) is 0 Å². The number of pyridine rings is 1. The van der Waals surface area contributed by atoms with Crippen molar-refractivity contribution in [3.05, 3.63) is 58.4 Å². The van der Waals surface area contributed by atoms with Gasteiger partial charge in [-0.25, -0.2) is 8.42 Å². The molecule has 2 aromatic carbocycles. The Bertz CT molecular complexity index is 1610. The Morgan fingerprint density at radius 1 is 1.18 bits per heavy atom. The van der Waals surface area contributed by atoms with Gasteiger partial charge in [0.1, 0.15) is 16.2 Å². The van der Waals surface area contributed by atoms with Crippen molar-refractivity contribution in [2.24, 2.45) is 10.3 Å². The van der Waals surface area contributed by atoms with Gasteiger partial charge >= 0.3 is 0 Å². The van der Waals surface area contributed by atoms with Gasteiger partial charge in [-0.1, -0.05) is 26.0 Å². The highest BCUT2D eigenvalue weighted by Gasteiger charge is 2.30. The van der Waals surface area contributed by atoms with E-state index in [4.69, 9.17) is 0 Å². The number of hydrogen-bond acceptors (Lipinski definition) is 7. The van der Waals surface area contributed by atoms with Gasteiger partial charge in [0.2, 0.25) is 10.0 Å². The first-order chi connectivity index (χ1) is 15.9. The number of hydrogen-bond donors (Lipinski definition) is 3. The molecule has 10 nitrogen and oxygen atoms in total. The number of para-hydroxylation sites is 1. The molecule has 1 aliphatic heterocycles. The van der Waals surface area contributed by atoms with Crippen molar-refractivity contribution in [1.29, 1.82) is 0 Å². The monoisotopic (exact) mass is 504 g/mol. The predicted molar refractivity (Wildman–Crippen MR) is 132 cm³/mol. The molecule has 0 atom stereocenters. The van der Waals surface area contributed by atoms with Crippen molar-refractivity contribution in [2.75, 3.05) is 16.3 Å². The van der Waals surface area contributed by atoms with Crippen LogP contribution >= 0.6 is 0 Å². The molecular formula is C22H24N4O6S2. The van der Waals surface area contributed by atoms with Crippen LogP contribution in [0.5, 0.6) is 5.75 Å². The number of aromatic hydroxyl groups is 1. The summed E-state index contributed by atoms with van der Waals surface area (Å²) >= 11 is 0. The van der Waals surface area contributed by atoms with E-state index in [1.807, 2.05) is 13.8 Å². The lowest BCUT2D eigenvalue weighted by atomic mass is 10.1. The molecule has 0 aliphatic carbocycles. The summed E-state index contributed by atoms with van der Waals surface area (Å²) < 4.78 is 56.4. The van der Waals surface area contributed by atoms with Crippen LogP contribution in [-0.2, 0) is 26.6 Å². The molecule has 3 N–H and O–H groups in total. The number of aromatic nitrogens is 1. The summed E-state index contributed by atoms with van der Waals surface area (Å²) in [5.41, 5.74) is -0.141. The number of benzene rings is 2. The third-order valence-corrected chi connectivity index (χ3v) is 7.26. The molecule has 3 aromatic rings. The number of rotatable bonds is 6. The average Bonchev–Trinajstić information content (AvgIpc) is 2.72. The fraction of sp³-hybridized carbons (Fsp3) is 0.273. The summed E-state index contributed by atoms with van der Waals surface area (Å²) in [6, 6.07) is 10.7. The molecule has 0 saturated heterocycles. The van der Waals surface area contributed by atoms with Gasteiger partial charge in [-0.3, -0.25) is 9.52 Å². The van der Waals surface area contributed by atoms with Gasteiger partial charge in [-0.2, -0.15) is 8.42 Å². The van der Waals surface area contributed by atoms with Crippen LogP contribution in [0.15, 0.2) is 56.6 Å². The number of nitrogens with one attached hydrogen (secondary N) is 2. The highest BCUT2D eigenvalue weighted by Crippen LogP contribution is 2.34. The molecule has 1 aromatic heterocycles. The molecule has 2 heterocycles. The van der Waals surface area contributed by atoms with Crippen LogP contribution in [0.3, 0.4) is 0 Å². The molecule has 0 unspecified atom stereocenters. The summed E-state index contributed by atoms with van der Waals surface area (Å²) in [4.78, 5) is 13.2. The van der Waals surface area contributed by atoms with Crippen molar-refractivity contribution >= 4 is 48.2 Å². The highest BCUT2D eigenvalue weighted by atomic mass is 32.2. The second kappa shape index (κ2) is 8.44. The van der Waals surface area contributed by atoms with Crippen molar-refractivity contribution < 1.29 is 21.9 Å². The first-order valence-corrected chi connectivity index (χ1v) is 13.8. The van der Waals surface area contributed by atoms with Gasteiger partial charge in [0, 0.05) is 17.6 Å². The quantitative estimate of drug-likeness (QED) is 0.468. The zero-order chi connectivity index (χ0) is 24.8. The van der Waals surface area contributed by atoms with E-state index in [1.165, 1.54) is 16.7 Å². The van der Waals surface area contributed by atoms with Gasteiger partial charge < -0.3 is 15.0 Å². The van der Waals surface area contributed by atoms with Gasteiger partial charge in [-0.15, -0.1) is 4.40 Å². The zero-order valence-corrected chi connectivity index (χ0v) is 20.4. The second-order valence-corrected chi connectivity index (χ2v) is 11.8. The third kappa shape index (κ3) is 4.50. The van der Waals surface area contributed by atoms with Crippen LogP contribution < -0.4 is 15.6 Å². The molecule has 0 spiro atoms. The van der Waals surface area contributed by atoms with E-state index in [1.54, 1.807) is 24.3 Å². The SMILES string of the molecule is CC(C)CCn1c(=O)c(C2=NS(=O)(=O)c3cc(NS(C)(=O)=O)ccc3N2)c(O)c2ccccc21. The number of fused-ring (bicyclic) bond motifs is 2. The molecule has 1 aliphatic rings. The molecule has 34 heavy (non-hydrogen) atoms. The van der Waals surface area contributed by atoms with Crippen molar-refractivity contribution in [3.63, 3.8) is 0 Å². The van der Waals surface area contributed by atoms with E-state index in [9.17, 15) is 26.7 Å². The summed E-state index contributed by atoms with van der Waals surface area (Å²) in [5, 5.41) is 14.2. The first-order valence-electron chi connectivity index (χ1n) is 10.5. The Labute approximate surface area is 197 Å². The Morgan fingerprint density at radius 3 is 2.56 bits per heavy atom. The molecule has 4 rings (SSSR count). The van der Waals surface area contributed by atoms with Gasteiger partial charge in [0.05, 0.1) is 17.5 Å². The van der Waals surface area contributed by atoms with Crippen LogP contribution in [0, 0.1) is 5.92 Å². The summed E-state index contributed by atoms with van der Waals surface area (Å²) in [6.07, 6.45) is 1.65. The van der Waals surface area contributed by atoms with Gasteiger partial charge in [0.15, 0.2) is 5.84 Å². The second-order valence-electron chi connectivity index (χ2n) is 8.51. The number of anilines is 2. The molecule has 0 bridgehead atoms. The molecule has 0 saturated carbocycles. The number of aryl methyl sites for hydroxylation is 1. The first kappa shape index (κ1) is 23.8. The van der Waals surface area contributed by atoms with E-state index in [0.717, 1.165) is 12.3 Å².